The largest absolute Gasteiger partial charge is 0.493 e. The summed E-state index contributed by atoms with van der Waals surface area (Å²) in [5, 5.41) is 11.3. The van der Waals surface area contributed by atoms with Gasteiger partial charge in [0.2, 0.25) is 0 Å². The number of nitrogens with zero attached hydrogens (tertiary/aromatic N) is 3. The number of fused-ring (bicyclic) bond motifs is 2. The molecule has 5 rings (SSSR count). The summed E-state index contributed by atoms with van der Waals surface area (Å²) in [7, 11) is 0. The molecular formula is C34H45N3O6. The summed E-state index contributed by atoms with van der Waals surface area (Å²) in [4.78, 5) is 32.0. The van der Waals surface area contributed by atoms with E-state index in [0.717, 1.165) is 65.7 Å². The van der Waals surface area contributed by atoms with E-state index in [1.807, 2.05) is 72.9 Å². The predicted octanol–water partition coefficient (Wildman–Crippen LogP) is 6.92. The molecule has 1 saturated heterocycles. The monoisotopic (exact) mass is 591 g/mol. The van der Waals surface area contributed by atoms with E-state index in [0.29, 0.717) is 36.9 Å². The molecule has 2 aliphatic rings. The Morgan fingerprint density at radius 2 is 1.81 bits per heavy atom. The normalized spacial score (nSPS) is 17.0. The fourth-order valence-corrected chi connectivity index (χ4v) is 6.11. The van der Waals surface area contributed by atoms with Crippen molar-refractivity contribution in [3.8, 4) is 16.9 Å². The molecule has 1 fully saturated rings. The molecule has 0 bridgehead atoms. The van der Waals surface area contributed by atoms with Crippen LogP contribution in [0.4, 0.5) is 4.79 Å². The topological polar surface area (TPSA) is 103 Å². The summed E-state index contributed by atoms with van der Waals surface area (Å²) in [6, 6.07) is 8.18. The highest BCUT2D eigenvalue weighted by molar-refractivity contribution is 5.98. The zero-order valence-corrected chi connectivity index (χ0v) is 26.5. The number of piperidine rings is 1. The van der Waals surface area contributed by atoms with Gasteiger partial charge < -0.3 is 28.8 Å². The number of aromatic nitrogens is 2. The van der Waals surface area contributed by atoms with Crippen molar-refractivity contribution < 1.29 is 28.9 Å². The van der Waals surface area contributed by atoms with Gasteiger partial charge in [-0.15, -0.1) is 0 Å². The molecule has 1 amide bonds. The van der Waals surface area contributed by atoms with Gasteiger partial charge in [0.25, 0.3) is 0 Å². The SMILES string of the molecule is Cc1nc2c(ccn2CC2CCN(C(=O)OC(C)(C)C)CC2)c(-c2ccc3c(c2)CCCO3)c1C(OC(C)(C)C)C(=O)O. The van der Waals surface area contributed by atoms with E-state index in [1.165, 1.54) is 0 Å². The minimum absolute atomic E-state index is 0.257. The first-order valence-electron chi connectivity index (χ1n) is 15.3. The number of aliphatic carboxylic acids is 1. The zero-order chi connectivity index (χ0) is 31.1. The number of carbonyl (C=O) groups excluding carboxylic acids is 1. The quantitative estimate of drug-likeness (QED) is 0.332. The molecule has 1 aromatic carbocycles. The number of carboxylic acids is 1. The summed E-state index contributed by atoms with van der Waals surface area (Å²) in [5.41, 5.74) is 3.74. The number of rotatable bonds is 6. The number of benzene rings is 1. The third kappa shape index (κ3) is 6.98. The Labute approximate surface area is 254 Å². The molecule has 232 valence electrons. The Kier molecular flexibility index (Phi) is 8.49. The van der Waals surface area contributed by atoms with Crippen LogP contribution in [0.15, 0.2) is 30.5 Å². The molecule has 2 aliphatic heterocycles. The molecule has 1 unspecified atom stereocenters. The minimum Gasteiger partial charge on any atom is -0.493 e. The molecule has 9 heteroatoms. The van der Waals surface area contributed by atoms with Gasteiger partial charge in [-0.3, -0.25) is 0 Å². The Morgan fingerprint density at radius 1 is 1.09 bits per heavy atom. The lowest BCUT2D eigenvalue weighted by Crippen LogP contribution is -2.42. The van der Waals surface area contributed by atoms with Gasteiger partial charge in [-0.1, -0.05) is 6.07 Å². The van der Waals surface area contributed by atoms with E-state index in [2.05, 4.69) is 10.6 Å². The molecule has 0 radical (unpaired) electrons. The molecular weight excluding hydrogens is 546 g/mol. The molecule has 4 heterocycles. The molecule has 9 nitrogen and oxygen atoms in total. The summed E-state index contributed by atoms with van der Waals surface area (Å²) < 4.78 is 19.8. The van der Waals surface area contributed by atoms with Crippen LogP contribution in [0.1, 0.15) is 83.7 Å². The van der Waals surface area contributed by atoms with E-state index in [1.54, 1.807) is 4.90 Å². The lowest BCUT2D eigenvalue weighted by Gasteiger charge is -2.33. The molecule has 1 N–H and O–H groups in total. The predicted molar refractivity (Wildman–Crippen MR) is 165 cm³/mol. The Hall–Kier alpha value is -3.59. The van der Waals surface area contributed by atoms with E-state index >= 15 is 0 Å². The fourth-order valence-electron chi connectivity index (χ4n) is 6.11. The highest BCUT2D eigenvalue weighted by Crippen LogP contribution is 2.41. The van der Waals surface area contributed by atoms with Gasteiger partial charge in [-0.25, -0.2) is 14.6 Å². The van der Waals surface area contributed by atoms with Crippen molar-refractivity contribution in [2.45, 2.75) is 98.0 Å². The highest BCUT2D eigenvalue weighted by Gasteiger charge is 2.33. The summed E-state index contributed by atoms with van der Waals surface area (Å²) in [6.45, 7) is 15.9. The number of carboxylic acid groups (broad SMARTS) is 1. The van der Waals surface area contributed by atoms with Crippen molar-refractivity contribution >= 4 is 23.1 Å². The third-order valence-electron chi connectivity index (χ3n) is 8.01. The zero-order valence-electron chi connectivity index (χ0n) is 26.5. The van der Waals surface area contributed by atoms with Crippen LogP contribution in [0.2, 0.25) is 0 Å². The maximum absolute atomic E-state index is 12.7. The number of ether oxygens (including phenoxy) is 3. The van der Waals surface area contributed by atoms with Crippen molar-refractivity contribution in [3.63, 3.8) is 0 Å². The van der Waals surface area contributed by atoms with Crippen molar-refractivity contribution in [2.75, 3.05) is 19.7 Å². The molecule has 43 heavy (non-hydrogen) atoms. The van der Waals surface area contributed by atoms with Gasteiger partial charge in [-0.2, -0.15) is 0 Å². The second-order valence-electron chi connectivity index (χ2n) is 13.8. The van der Waals surface area contributed by atoms with Crippen LogP contribution < -0.4 is 4.74 Å². The lowest BCUT2D eigenvalue weighted by atomic mass is 9.90. The first-order chi connectivity index (χ1) is 20.2. The summed E-state index contributed by atoms with van der Waals surface area (Å²) >= 11 is 0. The summed E-state index contributed by atoms with van der Waals surface area (Å²) in [6.07, 6.45) is 4.21. The van der Waals surface area contributed by atoms with Crippen molar-refractivity contribution in [1.82, 2.24) is 14.5 Å². The van der Waals surface area contributed by atoms with Gasteiger partial charge in [-0.05, 0) is 109 Å². The lowest BCUT2D eigenvalue weighted by molar-refractivity contribution is -0.160. The highest BCUT2D eigenvalue weighted by atomic mass is 16.6. The Bertz CT molecular complexity index is 1510. The van der Waals surface area contributed by atoms with Crippen molar-refractivity contribution in [1.29, 1.82) is 0 Å². The van der Waals surface area contributed by atoms with Gasteiger partial charge >= 0.3 is 12.1 Å². The number of aryl methyl sites for hydroxylation is 2. The maximum Gasteiger partial charge on any atom is 0.410 e. The molecule has 2 aromatic heterocycles. The number of likely N-dealkylation sites (tertiary alicyclic amines) is 1. The van der Waals surface area contributed by atoms with Crippen LogP contribution in [-0.2, 0) is 27.2 Å². The van der Waals surface area contributed by atoms with Crippen LogP contribution in [0, 0.1) is 12.8 Å². The van der Waals surface area contributed by atoms with Gasteiger partial charge in [0.15, 0.2) is 6.10 Å². The molecule has 3 aromatic rings. The van der Waals surface area contributed by atoms with Crippen LogP contribution >= 0.6 is 0 Å². The number of amides is 1. The van der Waals surface area contributed by atoms with E-state index in [4.69, 9.17) is 19.2 Å². The van der Waals surface area contributed by atoms with Gasteiger partial charge in [0.05, 0.1) is 12.2 Å². The molecule has 0 aliphatic carbocycles. The average molecular weight is 592 g/mol. The average Bonchev–Trinajstić information content (AvgIpc) is 3.31. The first kappa shape index (κ1) is 30.9. The fraction of sp³-hybridized carbons (Fsp3) is 0.559. The van der Waals surface area contributed by atoms with Crippen LogP contribution in [0.3, 0.4) is 0 Å². The number of pyridine rings is 1. The van der Waals surface area contributed by atoms with Crippen LogP contribution in [-0.4, -0.2) is 62.5 Å². The van der Waals surface area contributed by atoms with E-state index < -0.39 is 23.3 Å². The third-order valence-corrected chi connectivity index (χ3v) is 8.01. The Morgan fingerprint density at radius 3 is 2.47 bits per heavy atom. The second-order valence-corrected chi connectivity index (χ2v) is 13.8. The van der Waals surface area contributed by atoms with Gasteiger partial charge in [0, 0.05) is 48.0 Å². The maximum atomic E-state index is 12.7. The van der Waals surface area contributed by atoms with Crippen molar-refractivity contribution in [2.24, 2.45) is 5.92 Å². The van der Waals surface area contributed by atoms with E-state index in [9.17, 15) is 14.7 Å². The van der Waals surface area contributed by atoms with Crippen LogP contribution in [0.5, 0.6) is 5.75 Å². The number of carbonyl (C=O) groups is 2. The number of hydrogen-bond acceptors (Lipinski definition) is 6. The van der Waals surface area contributed by atoms with Gasteiger partial charge in [0.1, 0.15) is 17.0 Å². The number of hydrogen-bond donors (Lipinski definition) is 1. The molecule has 1 atom stereocenters. The Balaban J connectivity index is 1.52. The van der Waals surface area contributed by atoms with Crippen LogP contribution in [0.25, 0.3) is 22.2 Å². The standard InChI is InChI=1S/C34H45N3O6/c1-21-27(29(31(38)39)42-33(2,3)4)28(24-10-11-26-23(19-24)9-8-18-41-26)25-14-17-37(30(25)35-21)20-22-12-15-36(16-13-22)32(40)43-34(5,6)7/h10-11,14,17,19,22,29H,8-9,12-13,15-16,18,20H2,1-7H3,(H,38,39). The first-order valence-corrected chi connectivity index (χ1v) is 15.3. The molecule has 0 saturated carbocycles. The van der Waals surface area contributed by atoms with Crippen molar-refractivity contribution in [3.05, 3.63) is 47.3 Å². The smallest absolute Gasteiger partial charge is 0.410 e. The minimum atomic E-state index is -1.18. The second kappa shape index (κ2) is 11.8. The molecule has 0 spiro atoms. The summed E-state index contributed by atoms with van der Waals surface area (Å²) in [5.74, 6) is 0.212. The van der Waals surface area contributed by atoms with E-state index in [-0.39, 0.29) is 6.09 Å².